The molecule has 184 valence electrons. The quantitative estimate of drug-likeness (QED) is 0.663. The van der Waals surface area contributed by atoms with E-state index in [9.17, 15) is 9.59 Å². The molecular formula is C28H39N3O3. The number of fused-ring (bicyclic) bond motifs is 1. The van der Waals surface area contributed by atoms with Crippen molar-refractivity contribution in [3.8, 4) is 5.75 Å². The Morgan fingerprint density at radius 1 is 0.971 bits per heavy atom. The topological polar surface area (TPSA) is 61.9 Å². The predicted octanol–water partition coefficient (Wildman–Crippen LogP) is 5.15. The highest BCUT2D eigenvalue weighted by molar-refractivity contribution is 5.97. The van der Waals surface area contributed by atoms with Gasteiger partial charge in [-0.15, -0.1) is 0 Å². The van der Waals surface area contributed by atoms with Crippen LogP contribution in [0.3, 0.4) is 0 Å². The van der Waals surface area contributed by atoms with Crippen LogP contribution in [-0.2, 0) is 17.9 Å². The molecule has 0 bridgehead atoms. The second-order valence-corrected chi connectivity index (χ2v) is 9.38. The highest BCUT2D eigenvalue weighted by Gasteiger charge is 2.21. The molecule has 0 spiro atoms. The molecule has 0 saturated heterocycles. The second-order valence-electron chi connectivity index (χ2n) is 9.38. The van der Waals surface area contributed by atoms with Crippen LogP contribution in [-0.4, -0.2) is 43.0 Å². The smallest absolute Gasteiger partial charge is 0.251 e. The lowest BCUT2D eigenvalue weighted by Gasteiger charge is -2.31. The van der Waals surface area contributed by atoms with Gasteiger partial charge in [0.15, 0.2) is 0 Å². The molecule has 1 aliphatic heterocycles. The van der Waals surface area contributed by atoms with Crippen molar-refractivity contribution in [2.24, 2.45) is 0 Å². The number of nitrogens with zero attached hydrogens (tertiary/aromatic N) is 2. The van der Waals surface area contributed by atoms with E-state index in [-0.39, 0.29) is 11.8 Å². The Balaban J connectivity index is 1.85. The Hall–Kier alpha value is -2.86. The summed E-state index contributed by atoms with van der Waals surface area (Å²) in [7, 11) is 1.64. The fourth-order valence-electron chi connectivity index (χ4n) is 4.45. The van der Waals surface area contributed by atoms with Gasteiger partial charge in [0.1, 0.15) is 5.75 Å². The SMILES string of the molecule is COc1ccc(CNC(=O)c2ccc3c(c2)CN(C(C)C)CCCCCCCN3C(C)=O)cc1. The van der Waals surface area contributed by atoms with E-state index < -0.39 is 0 Å². The van der Waals surface area contributed by atoms with Gasteiger partial charge in [-0.3, -0.25) is 14.5 Å². The van der Waals surface area contributed by atoms with E-state index in [0.29, 0.717) is 24.7 Å². The molecule has 2 aromatic carbocycles. The van der Waals surface area contributed by atoms with Crippen LogP contribution >= 0.6 is 0 Å². The lowest BCUT2D eigenvalue weighted by molar-refractivity contribution is -0.116. The summed E-state index contributed by atoms with van der Waals surface area (Å²) >= 11 is 0. The summed E-state index contributed by atoms with van der Waals surface area (Å²) in [6, 6.07) is 13.8. The third-order valence-corrected chi connectivity index (χ3v) is 6.56. The van der Waals surface area contributed by atoms with E-state index >= 15 is 0 Å². The van der Waals surface area contributed by atoms with Gasteiger partial charge >= 0.3 is 0 Å². The number of hydrogen-bond acceptors (Lipinski definition) is 4. The second kappa shape index (κ2) is 12.6. The number of carbonyl (C=O) groups excluding carboxylic acids is 2. The summed E-state index contributed by atoms with van der Waals surface area (Å²) in [4.78, 5) is 29.9. The number of rotatable bonds is 5. The highest BCUT2D eigenvalue weighted by Crippen LogP contribution is 2.27. The van der Waals surface area contributed by atoms with Crippen molar-refractivity contribution in [2.45, 2.75) is 72.0 Å². The van der Waals surface area contributed by atoms with Gasteiger partial charge in [-0.05, 0) is 74.7 Å². The molecule has 0 aliphatic carbocycles. The molecule has 2 aromatic rings. The molecule has 0 radical (unpaired) electrons. The van der Waals surface area contributed by atoms with Gasteiger partial charge in [-0.1, -0.05) is 31.4 Å². The van der Waals surface area contributed by atoms with Gasteiger partial charge < -0.3 is 15.0 Å². The molecule has 6 heteroatoms. The Morgan fingerprint density at radius 3 is 2.29 bits per heavy atom. The summed E-state index contributed by atoms with van der Waals surface area (Å²) in [5, 5.41) is 3.02. The van der Waals surface area contributed by atoms with Crippen molar-refractivity contribution in [2.75, 3.05) is 25.1 Å². The zero-order valence-electron chi connectivity index (χ0n) is 21.1. The molecule has 0 atom stereocenters. The number of nitrogens with one attached hydrogen (secondary N) is 1. The van der Waals surface area contributed by atoms with Crippen LogP contribution in [0.15, 0.2) is 42.5 Å². The van der Waals surface area contributed by atoms with E-state index in [4.69, 9.17) is 4.74 Å². The van der Waals surface area contributed by atoms with Crippen LogP contribution in [0.4, 0.5) is 5.69 Å². The van der Waals surface area contributed by atoms with Crippen LogP contribution in [0.1, 0.15) is 74.4 Å². The molecule has 2 amide bonds. The molecule has 1 N–H and O–H groups in total. The molecule has 6 nitrogen and oxygen atoms in total. The molecule has 0 fully saturated rings. The fourth-order valence-corrected chi connectivity index (χ4v) is 4.45. The monoisotopic (exact) mass is 465 g/mol. The molecule has 1 heterocycles. The standard InChI is InChI=1S/C28H39N3O3/c1-21(2)30-16-8-6-5-7-9-17-31(22(3)32)27-15-12-24(18-25(27)20-30)28(33)29-19-23-10-13-26(34-4)14-11-23/h10-15,18,21H,5-9,16-17,19-20H2,1-4H3,(H,29,33). The first-order valence-corrected chi connectivity index (χ1v) is 12.4. The zero-order valence-corrected chi connectivity index (χ0v) is 21.1. The van der Waals surface area contributed by atoms with Gasteiger partial charge in [0, 0.05) is 43.9 Å². The van der Waals surface area contributed by atoms with Crippen molar-refractivity contribution >= 4 is 17.5 Å². The third-order valence-electron chi connectivity index (χ3n) is 6.56. The number of anilines is 1. The van der Waals surface area contributed by atoms with Crippen LogP contribution < -0.4 is 15.0 Å². The maximum Gasteiger partial charge on any atom is 0.251 e. The molecule has 1 aliphatic rings. The lowest BCUT2D eigenvalue weighted by atomic mass is 10.0. The first-order chi connectivity index (χ1) is 16.4. The summed E-state index contributed by atoms with van der Waals surface area (Å²) in [6.45, 7) is 8.94. The van der Waals surface area contributed by atoms with Crippen molar-refractivity contribution in [1.82, 2.24) is 10.2 Å². The summed E-state index contributed by atoms with van der Waals surface area (Å²) in [5.41, 5.74) is 3.58. The number of methoxy groups -OCH3 is 1. The Labute approximate surface area is 204 Å². The average Bonchev–Trinajstić information content (AvgIpc) is 2.82. The van der Waals surface area contributed by atoms with Gasteiger partial charge in [0.05, 0.1) is 7.11 Å². The number of ether oxygens (including phenoxy) is 1. The van der Waals surface area contributed by atoms with Gasteiger partial charge in [-0.2, -0.15) is 0 Å². The fraction of sp³-hybridized carbons (Fsp3) is 0.500. The average molecular weight is 466 g/mol. The summed E-state index contributed by atoms with van der Waals surface area (Å²) < 4.78 is 5.20. The third kappa shape index (κ3) is 7.07. The predicted molar refractivity (Wildman–Crippen MR) is 137 cm³/mol. The van der Waals surface area contributed by atoms with Gasteiger partial charge in [0.25, 0.3) is 5.91 Å². The molecule has 0 saturated carbocycles. The zero-order chi connectivity index (χ0) is 24.5. The van der Waals surface area contributed by atoms with E-state index in [1.807, 2.05) is 47.4 Å². The van der Waals surface area contributed by atoms with Crippen LogP contribution in [0.2, 0.25) is 0 Å². The summed E-state index contributed by atoms with van der Waals surface area (Å²) in [6.07, 6.45) is 5.72. The maximum absolute atomic E-state index is 13.0. The lowest BCUT2D eigenvalue weighted by Crippen LogP contribution is -2.35. The van der Waals surface area contributed by atoms with E-state index in [2.05, 4.69) is 24.1 Å². The minimum Gasteiger partial charge on any atom is -0.497 e. The van der Waals surface area contributed by atoms with Gasteiger partial charge in [-0.25, -0.2) is 0 Å². The molecule has 0 unspecified atom stereocenters. The summed E-state index contributed by atoms with van der Waals surface area (Å²) in [5.74, 6) is 0.723. The first kappa shape index (κ1) is 25.8. The number of amides is 2. The van der Waals surface area contributed by atoms with Crippen LogP contribution in [0.25, 0.3) is 0 Å². The minimum absolute atomic E-state index is 0.0473. The van der Waals surface area contributed by atoms with Crippen molar-refractivity contribution in [1.29, 1.82) is 0 Å². The number of carbonyl (C=O) groups is 2. The maximum atomic E-state index is 13.0. The van der Waals surface area contributed by atoms with Crippen molar-refractivity contribution in [3.05, 3.63) is 59.2 Å². The van der Waals surface area contributed by atoms with E-state index in [0.717, 1.165) is 48.5 Å². The largest absolute Gasteiger partial charge is 0.497 e. The van der Waals surface area contributed by atoms with Crippen molar-refractivity contribution < 1.29 is 14.3 Å². The first-order valence-electron chi connectivity index (χ1n) is 12.4. The van der Waals surface area contributed by atoms with Crippen LogP contribution in [0, 0.1) is 0 Å². The Morgan fingerprint density at radius 2 is 1.65 bits per heavy atom. The minimum atomic E-state index is -0.116. The molecular weight excluding hydrogens is 426 g/mol. The Bertz CT molecular complexity index is 956. The van der Waals surface area contributed by atoms with Crippen molar-refractivity contribution in [3.63, 3.8) is 0 Å². The number of hydrogen-bond donors (Lipinski definition) is 1. The molecule has 0 aromatic heterocycles. The highest BCUT2D eigenvalue weighted by atomic mass is 16.5. The Kier molecular flexibility index (Phi) is 9.52. The normalized spacial score (nSPS) is 15.7. The molecule has 34 heavy (non-hydrogen) atoms. The van der Waals surface area contributed by atoms with E-state index in [1.54, 1.807) is 14.0 Å². The number of benzene rings is 2. The molecule has 3 rings (SSSR count). The van der Waals surface area contributed by atoms with E-state index in [1.165, 1.54) is 19.3 Å². The van der Waals surface area contributed by atoms with Gasteiger partial charge in [0.2, 0.25) is 5.91 Å². The van der Waals surface area contributed by atoms with Crippen LogP contribution in [0.5, 0.6) is 5.75 Å².